The summed E-state index contributed by atoms with van der Waals surface area (Å²) in [6, 6.07) is 14.0. The highest BCUT2D eigenvalue weighted by molar-refractivity contribution is 5.91. The van der Waals surface area contributed by atoms with Gasteiger partial charge in [0.2, 0.25) is 11.8 Å². The molecular weight excluding hydrogens is 485 g/mol. The molecule has 38 heavy (non-hydrogen) atoms. The van der Waals surface area contributed by atoms with E-state index >= 15 is 0 Å². The van der Waals surface area contributed by atoms with Gasteiger partial charge in [-0.2, -0.15) is 5.01 Å². The van der Waals surface area contributed by atoms with Crippen LogP contribution in [0.1, 0.15) is 44.4 Å². The SMILES string of the molecule is C#CCN1CC(=O)N2[C@@H](CC(C)C)C(=O)N(C(C)c3ccc(F)cc3)C[C@@H]2N1C(=O)NCc1ccccc1. The van der Waals surface area contributed by atoms with E-state index in [1.165, 1.54) is 17.1 Å². The predicted molar refractivity (Wildman–Crippen MR) is 141 cm³/mol. The summed E-state index contributed by atoms with van der Waals surface area (Å²) in [4.78, 5) is 44.1. The van der Waals surface area contributed by atoms with E-state index in [-0.39, 0.29) is 43.2 Å². The number of piperazine rings is 1. The first-order valence-corrected chi connectivity index (χ1v) is 12.9. The van der Waals surface area contributed by atoms with Crippen LogP contribution < -0.4 is 5.32 Å². The number of benzene rings is 2. The molecule has 2 aromatic carbocycles. The molecule has 2 aliphatic heterocycles. The normalized spacial score (nSPS) is 20.8. The minimum absolute atomic E-state index is 0.0607. The van der Waals surface area contributed by atoms with E-state index < -0.39 is 24.3 Å². The van der Waals surface area contributed by atoms with Crippen LogP contribution in [0.15, 0.2) is 54.6 Å². The Kier molecular flexibility index (Phi) is 8.32. The van der Waals surface area contributed by atoms with E-state index in [0.29, 0.717) is 13.0 Å². The summed E-state index contributed by atoms with van der Waals surface area (Å²) < 4.78 is 13.6. The third-order valence-electron chi connectivity index (χ3n) is 7.06. The van der Waals surface area contributed by atoms with Gasteiger partial charge in [0.25, 0.3) is 0 Å². The molecule has 2 heterocycles. The Bertz CT molecular complexity index is 1200. The molecule has 1 unspecified atom stereocenters. The monoisotopic (exact) mass is 519 g/mol. The van der Waals surface area contributed by atoms with E-state index in [4.69, 9.17) is 6.42 Å². The van der Waals surface area contributed by atoms with Crippen molar-refractivity contribution in [1.29, 1.82) is 0 Å². The summed E-state index contributed by atoms with van der Waals surface area (Å²) in [6.07, 6.45) is 5.31. The summed E-state index contributed by atoms with van der Waals surface area (Å²) in [5, 5.41) is 6.00. The van der Waals surface area contributed by atoms with Gasteiger partial charge in [-0.3, -0.25) is 9.59 Å². The fraction of sp³-hybridized carbons (Fsp3) is 0.414. The number of hydrazine groups is 1. The Labute approximate surface area is 223 Å². The van der Waals surface area contributed by atoms with Crippen molar-refractivity contribution in [3.05, 3.63) is 71.5 Å². The molecule has 8 nitrogen and oxygen atoms in total. The van der Waals surface area contributed by atoms with Gasteiger partial charge in [-0.1, -0.05) is 62.2 Å². The van der Waals surface area contributed by atoms with Crippen LogP contribution in [-0.2, 0) is 16.1 Å². The van der Waals surface area contributed by atoms with Crippen LogP contribution in [0.3, 0.4) is 0 Å². The third kappa shape index (κ3) is 5.65. The average Bonchev–Trinajstić information content (AvgIpc) is 2.89. The van der Waals surface area contributed by atoms with Gasteiger partial charge >= 0.3 is 6.03 Å². The summed E-state index contributed by atoms with van der Waals surface area (Å²) in [6.45, 7) is 6.21. The van der Waals surface area contributed by atoms with Crippen molar-refractivity contribution in [2.24, 2.45) is 5.92 Å². The average molecular weight is 520 g/mol. The van der Waals surface area contributed by atoms with Crippen molar-refractivity contribution in [2.45, 2.75) is 52.0 Å². The lowest BCUT2D eigenvalue weighted by Gasteiger charge is -2.56. The van der Waals surface area contributed by atoms with Crippen molar-refractivity contribution >= 4 is 17.8 Å². The van der Waals surface area contributed by atoms with Gasteiger partial charge in [-0.05, 0) is 42.5 Å². The molecule has 0 aromatic heterocycles. The molecule has 0 aliphatic carbocycles. The zero-order valence-electron chi connectivity index (χ0n) is 22.0. The first kappa shape index (κ1) is 27.1. The van der Waals surface area contributed by atoms with Crippen LogP contribution in [0, 0.1) is 24.1 Å². The van der Waals surface area contributed by atoms with Crippen molar-refractivity contribution in [2.75, 3.05) is 19.6 Å². The number of terminal acetylenes is 1. The number of hydrogen-bond donors (Lipinski definition) is 1. The van der Waals surface area contributed by atoms with E-state index in [2.05, 4.69) is 11.2 Å². The van der Waals surface area contributed by atoms with Gasteiger partial charge in [-0.25, -0.2) is 14.2 Å². The molecule has 0 saturated carbocycles. The van der Waals surface area contributed by atoms with Crippen molar-refractivity contribution < 1.29 is 18.8 Å². The van der Waals surface area contributed by atoms with Gasteiger partial charge < -0.3 is 15.1 Å². The van der Waals surface area contributed by atoms with Crippen LogP contribution in [0.2, 0.25) is 0 Å². The van der Waals surface area contributed by atoms with E-state index in [1.807, 2.05) is 51.1 Å². The number of fused-ring (bicyclic) bond motifs is 1. The highest BCUT2D eigenvalue weighted by atomic mass is 19.1. The number of nitrogens with one attached hydrogen (secondary N) is 1. The van der Waals surface area contributed by atoms with Crippen molar-refractivity contribution in [3.8, 4) is 12.3 Å². The fourth-order valence-corrected chi connectivity index (χ4v) is 5.20. The zero-order chi connectivity index (χ0) is 27.4. The zero-order valence-corrected chi connectivity index (χ0v) is 22.0. The first-order chi connectivity index (χ1) is 18.2. The van der Waals surface area contributed by atoms with Crippen LogP contribution in [0.25, 0.3) is 0 Å². The number of rotatable bonds is 7. The predicted octanol–water partition coefficient (Wildman–Crippen LogP) is 3.37. The summed E-state index contributed by atoms with van der Waals surface area (Å²) in [5.74, 6) is 1.88. The van der Waals surface area contributed by atoms with Crippen LogP contribution >= 0.6 is 0 Å². The summed E-state index contributed by atoms with van der Waals surface area (Å²) in [5.41, 5.74) is 1.69. The molecule has 0 spiro atoms. The van der Waals surface area contributed by atoms with Gasteiger partial charge in [0.1, 0.15) is 18.0 Å². The highest BCUT2D eigenvalue weighted by Crippen LogP contribution is 2.33. The Hall–Kier alpha value is -3.90. The molecule has 4 amide bonds. The lowest BCUT2D eigenvalue weighted by molar-refractivity contribution is -0.191. The van der Waals surface area contributed by atoms with Crippen molar-refractivity contribution in [3.63, 3.8) is 0 Å². The quantitative estimate of drug-likeness (QED) is 0.570. The largest absolute Gasteiger partial charge is 0.334 e. The molecule has 2 fully saturated rings. The number of nitrogens with zero attached hydrogens (tertiary/aromatic N) is 4. The Morgan fingerprint density at radius 3 is 2.42 bits per heavy atom. The first-order valence-electron chi connectivity index (χ1n) is 12.9. The Morgan fingerprint density at radius 2 is 1.79 bits per heavy atom. The molecule has 2 saturated heterocycles. The number of carbonyl (C=O) groups is 3. The second-order valence-electron chi connectivity index (χ2n) is 10.2. The van der Waals surface area contributed by atoms with E-state index in [9.17, 15) is 18.8 Å². The second-order valence-corrected chi connectivity index (χ2v) is 10.2. The fourth-order valence-electron chi connectivity index (χ4n) is 5.20. The summed E-state index contributed by atoms with van der Waals surface area (Å²) in [7, 11) is 0. The van der Waals surface area contributed by atoms with Crippen LogP contribution in [0.4, 0.5) is 9.18 Å². The molecule has 3 atom stereocenters. The molecular formula is C29H34FN5O3. The molecule has 9 heteroatoms. The Morgan fingerprint density at radius 1 is 1.11 bits per heavy atom. The van der Waals surface area contributed by atoms with E-state index in [1.54, 1.807) is 26.9 Å². The summed E-state index contributed by atoms with van der Waals surface area (Å²) >= 11 is 0. The maximum Gasteiger partial charge on any atom is 0.334 e. The molecule has 0 radical (unpaired) electrons. The van der Waals surface area contributed by atoms with Gasteiger partial charge in [0.15, 0.2) is 0 Å². The lowest BCUT2D eigenvalue weighted by Crippen LogP contribution is -2.76. The number of hydrogen-bond acceptors (Lipinski definition) is 4. The third-order valence-corrected chi connectivity index (χ3v) is 7.06. The molecule has 200 valence electrons. The van der Waals surface area contributed by atoms with E-state index in [0.717, 1.165) is 11.1 Å². The number of carbonyl (C=O) groups excluding carboxylic acids is 3. The number of halogens is 1. The lowest BCUT2D eigenvalue weighted by atomic mass is 9.95. The second kappa shape index (κ2) is 11.7. The van der Waals surface area contributed by atoms with Gasteiger partial charge in [0, 0.05) is 6.54 Å². The molecule has 2 aliphatic rings. The van der Waals surface area contributed by atoms with Crippen molar-refractivity contribution in [1.82, 2.24) is 25.1 Å². The smallest absolute Gasteiger partial charge is 0.333 e. The number of urea groups is 1. The molecule has 4 rings (SSSR count). The molecule has 2 aromatic rings. The van der Waals surface area contributed by atoms with Gasteiger partial charge in [0.05, 0.1) is 25.7 Å². The maximum atomic E-state index is 13.8. The molecule has 0 bridgehead atoms. The number of amides is 4. The Balaban J connectivity index is 1.69. The topological polar surface area (TPSA) is 76.2 Å². The molecule has 1 N–H and O–H groups in total. The maximum absolute atomic E-state index is 13.8. The minimum atomic E-state index is -0.746. The minimum Gasteiger partial charge on any atom is -0.333 e. The van der Waals surface area contributed by atoms with Crippen LogP contribution in [0.5, 0.6) is 0 Å². The van der Waals surface area contributed by atoms with Gasteiger partial charge in [-0.15, -0.1) is 6.42 Å². The standard InChI is InChI=1S/C29H34FN5O3/c1-5-15-32-19-27(36)34-25(16-20(2)3)28(37)33(21(4)23-11-13-24(30)14-12-23)18-26(34)35(32)29(38)31-17-22-9-7-6-8-10-22/h1,6-14,20-21,25-26H,15-19H2,2-4H3,(H,31,38)/t21?,25-,26-/m0/s1. The highest BCUT2D eigenvalue weighted by Gasteiger charge is 2.52. The van der Waals surface area contributed by atoms with Crippen LogP contribution in [-0.4, -0.2) is 69.5 Å².